The molecule has 0 spiro atoms. The summed E-state index contributed by atoms with van der Waals surface area (Å²) in [5.74, 6) is 0.711. The Bertz CT molecular complexity index is 496. The first-order valence-corrected chi connectivity index (χ1v) is 7.23. The summed E-state index contributed by atoms with van der Waals surface area (Å²) in [5.41, 5.74) is 5.61. The van der Waals surface area contributed by atoms with Crippen LogP contribution in [-0.2, 0) is 9.84 Å². The largest absolute Gasteiger partial charge is 0.406 e. The van der Waals surface area contributed by atoms with E-state index in [1.165, 1.54) is 0 Å². The van der Waals surface area contributed by atoms with Gasteiger partial charge in [-0.2, -0.15) is 0 Å². The number of aromatic nitrogens is 2. The normalized spacial score (nSPS) is 24.8. The van der Waals surface area contributed by atoms with Gasteiger partial charge in [0.25, 0.3) is 0 Å². The van der Waals surface area contributed by atoms with E-state index in [0.717, 1.165) is 0 Å². The first kappa shape index (κ1) is 12.3. The average molecular weight is 260 g/mol. The van der Waals surface area contributed by atoms with Crippen molar-refractivity contribution in [2.24, 2.45) is 5.73 Å². The zero-order chi connectivity index (χ0) is 12.6. The molecular weight excluding hydrogens is 244 g/mol. The van der Waals surface area contributed by atoms with Crippen molar-refractivity contribution in [1.82, 2.24) is 10.2 Å². The van der Waals surface area contributed by atoms with Crippen LogP contribution in [-0.4, -0.2) is 43.2 Å². The van der Waals surface area contributed by atoms with Crippen molar-refractivity contribution in [3.63, 3.8) is 0 Å². The van der Waals surface area contributed by atoms with Crippen LogP contribution in [0.2, 0.25) is 0 Å². The molecule has 1 saturated heterocycles. The third-order valence-electron chi connectivity index (χ3n) is 2.88. The highest BCUT2D eigenvalue weighted by atomic mass is 32.2. The van der Waals surface area contributed by atoms with E-state index in [4.69, 9.17) is 10.2 Å². The monoisotopic (exact) mass is 260 g/mol. The van der Waals surface area contributed by atoms with Crippen LogP contribution in [0.3, 0.4) is 0 Å². The maximum absolute atomic E-state index is 11.4. The van der Waals surface area contributed by atoms with Crippen molar-refractivity contribution >= 4 is 15.9 Å². The fourth-order valence-electron chi connectivity index (χ4n) is 1.79. The lowest BCUT2D eigenvalue weighted by atomic mass is 10.2. The van der Waals surface area contributed by atoms with E-state index >= 15 is 0 Å². The molecule has 0 amide bonds. The van der Waals surface area contributed by atoms with Gasteiger partial charge in [0.15, 0.2) is 9.84 Å². The van der Waals surface area contributed by atoms with Crippen LogP contribution >= 0.6 is 0 Å². The highest BCUT2D eigenvalue weighted by molar-refractivity contribution is 7.91. The Morgan fingerprint density at radius 1 is 1.53 bits per heavy atom. The SMILES string of the molecule is CC(N)c1nnc(N(C)C2CCS(=O)(=O)C2)o1. The van der Waals surface area contributed by atoms with Crippen LogP contribution in [0.1, 0.15) is 25.3 Å². The second-order valence-electron chi connectivity index (χ2n) is 4.38. The molecular formula is C9H16N4O3S. The number of anilines is 1. The van der Waals surface area contributed by atoms with Crippen LogP contribution in [0.25, 0.3) is 0 Å². The molecule has 7 nitrogen and oxygen atoms in total. The van der Waals surface area contributed by atoms with Crippen molar-refractivity contribution in [3.8, 4) is 0 Å². The fourth-order valence-corrected chi connectivity index (χ4v) is 3.56. The predicted molar refractivity (Wildman–Crippen MR) is 62.4 cm³/mol. The Balaban J connectivity index is 2.12. The Hall–Kier alpha value is -1.15. The minimum atomic E-state index is -2.91. The molecule has 2 heterocycles. The van der Waals surface area contributed by atoms with Gasteiger partial charge in [-0.25, -0.2) is 8.42 Å². The number of sulfone groups is 1. The van der Waals surface area contributed by atoms with Crippen molar-refractivity contribution in [3.05, 3.63) is 5.89 Å². The molecule has 1 aromatic heterocycles. The highest BCUT2D eigenvalue weighted by Crippen LogP contribution is 2.22. The van der Waals surface area contributed by atoms with Crippen LogP contribution < -0.4 is 10.6 Å². The maximum atomic E-state index is 11.4. The molecule has 96 valence electrons. The smallest absolute Gasteiger partial charge is 0.318 e. The van der Waals surface area contributed by atoms with Gasteiger partial charge >= 0.3 is 6.01 Å². The lowest BCUT2D eigenvalue weighted by molar-refractivity contribution is 0.452. The summed E-state index contributed by atoms with van der Waals surface area (Å²) < 4.78 is 28.1. The van der Waals surface area contributed by atoms with Crippen molar-refractivity contribution in [2.75, 3.05) is 23.5 Å². The minimum absolute atomic E-state index is 0.0959. The standard InChI is InChI=1S/C9H16N4O3S/c1-6(10)8-11-12-9(16-8)13(2)7-3-4-17(14,15)5-7/h6-7H,3-5,10H2,1-2H3. The van der Waals surface area contributed by atoms with Crippen LogP contribution in [0.5, 0.6) is 0 Å². The van der Waals surface area contributed by atoms with Crippen LogP contribution in [0.15, 0.2) is 4.42 Å². The molecule has 2 unspecified atom stereocenters. The Morgan fingerprint density at radius 3 is 2.71 bits per heavy atom. The molecule has 2 atom stereocenters. The second-order valence-corrected chi connectivity index (χ2v) is 6.61. The van der Waals surface area contributed by atoms with Crippen LogP contribution in [0, 0.1) is 0 Å². The Labute approximate surface area is 99.9 Å². The molecule has 0 saturated carbocycles. The third kappa shape index (κ3) is 2.58. The maximum Gasteiger partial charge on any atom is 0.318 e. The number of hydrogen-bond donors (Lipinski definition) is 1. The topological polar surface area (TPSA) is 102 Å². The molecule has 1 aromatic rings. The molecule has 0 bridgehead atoms. The molecule has 0 radical (unpaired) electrons. The van der Waals surface area contributed by atoms with Gasteiger partial charge in [0.05, 0.1) is 17.5 Å². The zero-order valence-electron chi connectivity index (χ0n) is 9.83. The highest BCUT2D eigenvalue weighted by Gasteiger charge is 2.32. The lowest BCUT2D eigenvalue weighted by Crippen LogP contribution is -2.32. The molecule has 1 aliphatic heterocycles. The summed E-state index contributed by atoms with van der Waals surface area (Å²) >= 11 is 0. The summed E-state index contributed by atoms with van der Waals surface area (Å²) in [6.45, 7) is 1.75. The number of nitrogens with two attached hydrogens (primary N) is 1. The van der Waals surface area contributed by atoms with Gasteiger partial charge in [-0.05, 0) is 13.3 Å². The molecule has 1 aliphatic rings. The Morgan fingerprint density at radius 2 is 2.24 bits per heavy atom. The molecule has 17 heavy (non-hydrogen) atoms. The first-order valence-electron chi connectivity index (χ1n) is 5.41. The van der Waals surface area contributed by atoms with Gasteiger partial charge in [-0.1, -0.05) is 5.10 Å². The van der Waals surface area contributed by atoms with Gasteiger partial charge in [0, 0.05) is 13.1 Å². The van der Waals surface area contributed by atoms with Crippen molar-refractivity contribution in [2.45, 2.75) is 25.4 Å². The summed E-state index contributed by atoms with van der Waals surface area (Å²) in [7, 11) is -1.16. The summed E-state index contributed by atoms with van der Waals surface area (Å²) in [4.78, 5) is 1.71. The molecule has 0 aliphatic carbocycles. The predicted octanol–water partition coefficient (Wildman–Crippen LogP) is -0.287. The van der Waals surface area contributed by atoms with Gasteiger partial charge in [0.1, 0.15) is 0 Å². The molecule has 0 aromatic carbocycles. The van der Waals surface area contributed by atoms with E-state index in [9.17, 15) is 8.42 Å². The number of rotatable bonds is 3. The van der Waals surface area contributed by atoms with E-state index in [0.29, 0.717) is 18.3 Å². The summed E-state index contributed by atoms with van der Waals surface area (Å²) in [5, 5.41) is 7.68. The van der Waals surface area contributed by atoms with E-state index in [2.05, 4.69) is 10.2 Å². The molecule has 8 heteroatoms. The Kier molecular flexibility index (Phi) is 3.09. The van der Waals surface area contributed by atoms with Gasteiger partial charge in [0.2, 0.25) is 5.89 Å². The average Bonchev–Trinajstić information content (AvgIpc) is 2.83. The molecule has 2 rings (SSSR count). The zero-order valence-corrected chi connectivity index (χ0v) is 10.6. The quantitative estimate of drug-likeness (QED) is 0.796. The third-order valence-corrected chi connectivity index (χ3v) is 4.63. The lowest BCUT2D eigenvalue weighted by Gasteiger charge is -2.20. The molecule has 2 N–H and O–H groups in total. The van der Waals surface area contributed by atoms with E-state index in [1.807, 2.05) is 0 Å². The van der Waals surface area contributed by atoms with Crippen molar-refractivity contribution in [1.29, 1.82) is 0 Å². The van der Waals surface area contributed by atoms with Crippen molar-refractivity contribution < 1.29 is 12.8 Å². The molecule has 1 fully saturated rings. The van der Waals surface area contributed by atoms with Gasteiger partial charge < -0.3 is 15.1 Å². The van der Waals surface area contributed by atoms with E-state index in [1.54, 1.807) is 18.9 Å². The number of nitrogens with zero attached hydrogens (tertiary/aromatic N) is 3. The first-order chi connectivity index (χ1) is 7.89. The number of hydrogen-bond acceptors (Lipinski definition) is 7. The van der Waals surface area contributed by atoms with Gasteiger partial charge in [-0.3, -0.25) is 0 Å². The minimum Gasteiger partial charge on any atom is -0.406 e. The fraction of sp³-hybridized carbons (Fsp3) is 0.778. The van der Waals surface area contributed by atoms with Crippen LogP contribution in [0.4, 0.5) is 6.01 Å². The summed E-state index contributed by atoms with van der Waals surface area (Å²) in [6.07, 6.45) is 0.592. The second kappa shape index (κ2) is 4.26. The summed E-state index contributed by atoms with van der Waals surface area (Å²) in [6, 6.07) is -0.0993. The van der Waals surface area contributed by atoms with Gasteiger partial charge in [-0.15, -0.1) is 5.10 Å². The van der Waals surface area contributed by atoms with E-state index in [-0.39, 0.29) is 23.6 Å². The van der Waals surface area contributed by atoms with E-state index < -0.39 is 9.84 Å².